The largest absolute Gasteiger partial charge is 0.493 e. The van der Waals surface area contributed by atoms with Crippen LogP contribution in [0.25, 0.3) is 0 Å². The van der Waals surface area contributed by atoms with Crippen LogP contribution >= 0.6 is 27.5 Å². The molecule has 2 N–H and O–H groups in total. The highest BCUT2D eigenvalue weighted by Gasteiger charge is 2.20. The molecule has 0 aromatic heterocycles. The van der Waals surface area contributed by atoms with Gasteiger partial charge < -0.3 is 10.5 Å². The first-order chi connectivity index (χ1) is 10.0. The van der Waals surface area contributed by atoms with Gasteiger partial charge in [0.25, 0.3) is 0 Å². The topological polar surface area (TPSA) is 35.2 Å². The van der Waals surface area contributed by atoms with Gasteiger partial charge in [-0.1, -0.05) is 39.7 Å². The summed E-state index contributed by atoms with van der Waals surface area (Å²) in [5, 5.41) is 0.754. The molecule has 2 aromatic rings. The number of benzene rings is 2. The molecule has 2 aromatic carbocycles. The van der Waals surface area contributed by atoms with Crippen LogP contribution in [0.4, 0.5) is 0 Å². The average Bonchev–Trinajstić information content (AvgIpc) is 2.86. The van der Waals surface area contributed by atoms with Crippen LogP contribution in [0.5, 0.6) is 5.75 Å². The second-order valence-corrected chi connectivity index (χ2v) is 6.78. The lowest BCUT2D eigenvalue weighted by Crippen LogP contribution is -2.14. The summed E-state index contributed by atoms with van der Waals surface area (Å²) >= 11 is 9.81. The average molecular weight is 367 g/mol. The maximum absolute atomic E-state index is 6.39. The van der Waals surface area contributed by atoms with Gasteiger partial charge in [-0.15, -0.1) is 0 Å². The Morgan fingerprint density at radius 1 is 1.33 bits per heavy atom. The van der Waals surface area contributed by atoms with Crippen molar-refractivity contribution in [2.45, 2.75) is 25.8 Å². The fourth-order valence-electron chi connectivity index (χ4n) is 2.78. The summed E-state index contributed by atoms with van der Waals surface area (Å²) in [6.07, 6.45) is 1.64. The maximum atomic E-state index is 6.39. The predicted octanol–water partition coefficient (Wildman–Crippen LogP) is 4.59. The fraction of sp³-hybridized carbons (Fsp3) is 0.294. The van der Waals surface area contributed by atoms with E-state index in [-0.39, 0.29) is 6.04 Å². The lowest BCUT2D eigenvalue weighted by molar-refractivity contribution is 0.352. The molecule has 1 aliphatic rings. The first-order valence-corrected chi connectivity index (χ1v) is 8.17. The van der Waals surface area contributed by atoms with E-state index < -0.39 is 0 Å². The van der Waals surface area contributed by atoms with Gasteiger partial charge in [-0.2, -0.15) is 0 Å². The van der Waals surface area contributed by atoms with Crippen LogP contribution in [-0.2, 0) is 12.8 Å². The summed E-state index contributed by atoms with van der Waals surface area (Å²) < 4.78 is 6.80. The molecule has 0 radical (unpaired) electrons. The van der Waals surface area contributed by atoms with Crippen molar-refractivity contribution in [1.82, 2.24) is 0 Å². The van der Waals surface area contributed by atoms with E-state index in [1.54, 1.807) is 0 Å². The number of nitrogens with two attached hydrogens (primary N) is 1. The van der Waals surface area contributed by atoms with Gasteiger partial charge in [0.15, 0.2) is 0 Å². The molecular formula is C17H17BrClNO. The Bertz CT molecular complexity index is 687. The highest BCUT2D eigenvalue weighted by Crippen LogP contribution is 2.35. The van der Waals surface area contributed by atoms with Crippen molar-refractivity contribution in [3.63, 3.8) is 0 Å². The predicted molar refractivity (Wildman–Crippen MR) is 90.2 cm³/mol. The molecule has 0 fully saturated rings. The van der Waals surface area contributed by atoms with Crippen molar-refractivity contribution in [2.24, 2.45) is 5.73 Å². The van der Waals surface area contributed by atoms with Gasteiger partial charge in [-0.25, -0.2) is 0 Å². The number of aryl methyl sites for hydroxylation is 1. The Balaban J connectivity index is 1.90. The highest BCUT2D eigenvalue weighted by molar-refractivity contribution is 9.10. The first-order valence-electron chi connectivity index (χ1n) is 7.00. The zero-order valence-corrected chi connectivity index (χ0v) is 14.2. The second kappa shape index (κ2) is 5.99. The molecule has 0 amide bonds. The van der Waals surface area contributed by atoms with Crippen LogP contribution in [0, 0.1) is 6.92 Å². The van der Waals surface area contributed by atoms with Crippen molar-refractivity contribution in [3.05, 3.63) is 62.1 Å². The molecule has 110 valence electrons. The van der Waals surface area contributed by atoms with E-state index in [0.717, 1.165) is 39.4 Å². The summed E-state index contributed by atoms with van der Waals surface area (Å²) in [7, 11) is 0. The van der Waals surface area contributed by atoms with Gasteiger partial charge in [0.1, 0.15) is 5.75 Å². The molecule has 0 spiro atoms. The van der Waals surface area contributed by atoms with Gasteiger partial charge in [0.2, 0.25) is 0 Å². The van der Waals surface area contributed by atoms with Crippen LogP contribution in [0.2, 0.25) is 5.02 Å². The quantitative estimate of drug-likeness (QED) is 0.862. The normalized spacial score (nSPS) is 14.7. The minimum atomic E-state index is -0.0910. The summed E-state index contributed by atoms with van der Waals surface area (Å²) in [6.45, 7) is 2.80. The van der Waals surface area contributed by atoms with Gasteiger partial charge in [0, 0.05) is 22.0 Å². The molecular weight excluding hydrogens is 350 g/mol. The Hall–Kier alpha value is -1.03. The molecule has 0 aliphatic carbocycles. The number of rotatable bonds is 3. The molecule has 0 bridgehead atoms. The number of hydrogen-bond donors (Lipinski definition) is 1. The van der Waals surface area contributed by atoms with Crippen LogP contribution < -0.4 is 10.5 Å². The van der Waals surface area contributed by atoms with E-state index in [1.807, 2.05) is 12.1 Å². The van der Waals surface area contributed by atoms with Crippen LogP contribution in [0.1, 0.15) is 28.3 Å². The zero-order chi connectivity index (χ0) is 15.0. The fourth-order valence-corrected chi connectivity index (χ4v) is 3.83. The molecule has 1 heterocycles. The number of ether oxygens (including phenoxy) is 1. The first kappa shape index (κ1) is 14.9. The number of hydrogen-bond acceptors (Lipinski definition) is 2. The molecule has 4 heteroatoms. The van der Waals surface area contributed by atoms with E-state index >= 15 is 0 Å². The molecule has 0 saturated heterocycles. The Kier molecular flexibility index (Phi) is 4.25. The Morgan fingerprint density at radius 3 is 2.90 bits per heavy atom. The van der Waals surface area contributed by atoms with Gasteiger partial charge >= 0.3 is 0 Å². The van der Waals surface area contributed by atoms with E-state index in [0.29, 0.717) is 6.42 Å². The lowest BCUT2D eigenvalue weighted by Gasteiger charge is -2.17. The monoisotopic (exact) mass is 365 g/mol. The van der Waals surface area contributed by atoms with Gasteiger partial charge in [0.05, 0.1) is 6.61 Å². The maximum Gasteiger partial charge on any atom is 0.125 e. The van der Waals surface area contributed by atoms with Crippen molar-refractivity contribution < 1.29 is 4.74 Å². The SMILES string of the molecule is Cc1ccc(C(N)Cc2cc(Cl)cc3c2OCC3)c(Br)c1. The summed E-state index contributed by atoms with van der Waals surface area (Å²) in [4.78, 5) is 0. The van der Waals surface area contributed by atoms with E-state index in [1.165, 1.54) is 11.1 Å². The molecule has 1 unspecified atom stereocenters. The smallest absolute Gasteiger partial charge is 0.125 e. The number of fused-ring (bicyclic) bond motifs is 1. The third kappa shape index (κ3) is 3.10. The van der Waals surface area contributed by atoms with Gasteiger partial charge in [-0.05, 0) is 53.8 Å². The minimum Gasteiger partial charge on any atom is -0.493 e. The second-order valence-electron chi connectivity index (χ2n) is 5.49. The number of halogens is 2. The molecule has 1 aliphatic heterocycles. The third-order valence-corrected chi connectivity index (χ3v) is 4.73. The molecule has 0 saturated carbocycles. The summed E-state index contributed by atoms with van der Waals surface area (Å²) in [5.41, 5.74) is 11.0. The summed E-state index contributed by atoms with van der Waals surface area (Å²) in [5.74, 6) is 0.970. The van der Waals surface area contributed by atoms with Crippen LogP contribution in [0.15, 0.2) is 34.8 Å². The van der Waals surface area contributed by atoms with Crippen molar-refractivity contribution in [1.29, 1.82) is 0 Å². The molecule has 3 rings (SSSR count). The Morgan fingerprint density at radius 2 is 2.14 bits per heavy atom. The molecule has 21 heavy (non-hydrogen) atoms. The minimum absolute atomic E-state index is 0.0910. The van der Waals surface area contributed by atoms with Gasteiger partial charge in [-0.3, -0.25) is 0 Å². The standard InChI is InChI=1S/C17H17BrClNO/c1-10-2-3-14(15(18)6-10)16(20)9-12-8-13(19)7-11-4-5-21-17(11)12/h2-3,6-8,16H,4-5,9,20H2,1H3. The zero-order valence-electron chi connectivity index (χ0n) is 11.8. The van der Waals surface area contributed by atoms with E-state index in [2.05, 4.69) is 41.1 Å². The molecule has 1 atom stereocenters. The Labute approximate surface area is 138 Å². The lowest BCUT2D eigenvalue weighted by atomic mass is 9.97. The third-order valence-electron chi connectivity index (χ3n) is 3.82. The van der Waals surface area contributed by atoms with E-state index in [9.17, 15) is 0 Å². The summed E-state index contributed by atoms with van der Waals surface area (Å²) in [6, 6.07) is 10.1. The molecule has 2 nitrogen and oxygen atoms in total. The van der Waals surface area contributed by atoms with Crippen LogP contribution in [-0.4, -0.2) is 6.61 Å². The van der Waals surface area contributed by atoms with Crippen molar-refractivity contribution >= 4 is 27.5 Å². The highest BCUT2D eigenvalue weighted by atomic mass is 79.9. The van der Waals surface area contributed by atoms with Crippen molar-refractivity contribution in [3.8, 4) is 5.75 Å². The van der Waals surface area contributed by atoms with Crippen molar-refractivity contribution in [2.75, 3.05) is 6.61 Å². The van der Waals surface area contributed by atoms with Crippen LogP contribution in [0.3, 0.4) is 0 Å². The van der Waals surface area contributed by atoms with E-state index in [4.69, 9.17) is 22.1 Å².